The van der Waals surface area contributed by atoms with E-state index in [0.717, 1.165) is 5.56 Å². The van der Waals surface area contributed by atoms with Crippen molar-refractivity contribution in [1.82, 2.24) is 19.3 Å². The number of para-hydroxylation sites is 1. The Labute approximate surface area is 151 Å². The monoisotopic (exact) mass is 365 g/mol. The number of aromatic amines is 1. The Morgan fingerprint density at radius 2 is 1.80 bits per heavy atom. The zero-order valence-electron chi connectivity index (χ0n) is 12.8. The Bertz CT molecular complexity index is 1120. The Morgan fingerprint density at radius 3 is 2.64 bits per heavy atom. The molecule has 2 aromatic carbocycles. The second-order valence-corrected chi connectivity index (χ2v) is 6.34. The standard InChI is InChI=1S/C17H11N5OS2/c23-15-11-8-4-5-9-12(11)18-14(19-15)16(24)21-17-20-13(22-25-17)10-6-2-1-3-7-10/h1-9H,(H,18,19,23)(H,20,21,22,24). The van der Waals surface area contributed by atoms with Crippen molar-refractivity contribution in [2.45, 2.75) is 0 Å². The van der Waals surface area contributed by atoms with Gasteiger partial charge in [0.25, 0.3) is 5.56 Å². The van der Waals surface area contributed by atoms with Gasteiger partial charge < -0.3 is 10.3 Å². The van der Waals surface area contributed by atoms with Gasteiger partial charge in [0.05, 0.1) is 10.9 Å². The SMILES string of the molecule is O=c1[nH]c(C(=S)Nc2nc(-c3ccccc3)ns2)nc2ccccc12. The summed E-state index contributed by atoms with van der Waals surface area (Å²) in [7, 11) is 0. The average molecular weight is 365 g/mol. The molecule has 0 spiro atoms. The van der Waals surface area contributed by atoms with Crippen molar-refractivity contribution < 1.29 is 0 Å². The van der Waals surface area contributed by atoms with Gasteiger partial charge in [0.1, 0.15) is 4.99 Å². The van der Waals surface area contributed by atoms with Crippen LogP contribution in [0.2, 0.25) is 0 Å². The average Bonchev–Trinajstić information content (AvgIpc) is 3.11. The van der Waals surface area contributed by atoms with Crippen LogP contribution in [0.3, 0.4) is 0 Å². The van der Waals surface area contributed by atoms with Crippen molar-refractivity contribution in [3.05, 3.63) is 70.8 Å². The Balaban J connectivity index is 1.61. The summed E-state index contributed by atoms with van der Waals surface area (Å²) in [4.78, 5) is 23.9. The highest BCUT2D eigenvalue weighted by Crippen LogP contribution is 2.21. The zero-order chi connectivity index (χ0) is 17.2. The van der Waals surface area contributed by atoms with Crippen LogP contribution in [0.1, 0.15) is 5.82 Å². The summed E-state index contributed by atoms with van der Waals surface area (Å²) in [5.41, 5.74) is 1.29. The summed E-state index contributed by atoms with van der Waals surface area (Å²) in [5.74, 6) is 0.922. The molecule has 0 fully saturated rings. The number of aromatic nitrogens is 4. The van der Waals surface area contributed by atoms with Gasteiger partial charge in [-0.1, -0.05) is 54.7 Å². The van der Waals surface area contributed by atoms with Crippen LogP contribution in [0.15, 0.2) is 59.4 Å². The lowest BCUT2D eigenvalue weighted by molar-refractivity contribution is 1.14. The predicted molar refractivity (Wildman–Crippen MR) is 103 cm³/mol. The molecule has 6 nitrogen and oxygen atoms in total. The van der Waals surface area contributed by atoms with Gasteiger partial charge in [-0.2, -0.15) is 9.36 Å². The number of thiocarbonyl (C=S) groups is 1. The number of hydrogen-bond acceptors (Lipinski definition) is 6. The number of benzene rings is 2. The van der Waals surface area contributed by atoms with E-state index in [4.69, 9.17) is 12.2 Å². The van der Waals surface area contributed by atoms with Crippen LogP contribution in [-0.2, 0) is 0 Å². The number of rotatable bonds is 3. The van der Waals surface area contributed by atoms with Gasteiger partial charge in [0.15, 0.2) is 11.6 Å². The lowest BCUT2D eigenvalue weighted by atomic mass is 10.2. The molecule has 0 aliphatic rings. The fraction of sp³-hybridized carbons (Fsp3) is 0. The Kier molecular flexibility index (Phi) is 4.04. The van der Waals surface area contributed by atoms with Gasteiger partial charge in [0.2, 0.25) is 5.13 Å². The van der Waals surface area contributed by atoms with Crippen LogP contribution in [0.4, 0.5) is 5.13 Å². The number of fused-ring (bicyclic) bond motifs is 1. The molecular weight excluding hydrogens is 354 g/mol. The molecule has 122 valence electrons. The van der Waals surface area contributed by atoms with Crippen LogP contribution < -0.4 is 10.9 Å². The molecule has 0 unspecified atom stereocenters. The molecule has 2 N–H and O–H groups in total. The maximum Gasteiger partial charge on any atom is 0.259 e. The predicted octanol–water partition coefficient (Wildman–Crippen LogP) is 3.23. The molecule has 0 amide bonds. The van der Waals surface area contributed by atoms with E-state index in [1.807, 2.05) is 36.4 Å². The Hall–Kier alpha value is -2.97. The van der Waals surface area contributed by atoms with E-state index in [2.05, 4.69) is 24.6 Å². The molecule has 0 aliphatic heterocycles. The lowest BCUT2D eigenvalue weighted by Crippen LogP contribution is -2.20. The minimum Gasteiger partial charge on any atom is -0.318 e. The van der Waals surface area contributed by atoms with Gasteiger partial charge in [-0.05, 0) is 12.1 Å². The summed E-state index contributed by atoms with van der Waals surface area (Å²) >= 11 is 6.54. The summed E-state index contributed by atoms with van der Waals surface area (Å²) in [5, 5.41) is 4.05. The molecule has 2 heterocycles. The van der Waals surface area contributed by atoms with Crippen molar-refractivity contribution in [2.24, 2.45) is 0 Å². The molecular formula is C17H11N5OS2. The maximum atomic E-state index is 12.1. The molecule has 4 aromatic rings. The molecule has 25 heavy (non-hydrogen) atoms. The number of anilines is 1. The third-order valence-electron chi connectivity index (χ3n) is 3.51. The highest BCUT2D eigenvalue weighted by Gasteiger charge is 2.11. The first-order valence-corrected chi connectivity index (χ1v) is 8.58. The molecule has 0 atom stereocenters. The zero-order valence-corrected chi connectivity index (χ0v) is 14.4. The molecule has 0 aliphatic carbocycles. The molecule has 4 rings (SSSR count). The molecule has 8 heteroatoms. The number of hydrogen-bond donors (Lipinski definition) is 2. The topological polar surface area (TPSA) is 83.6 Å². The third-order valence-corrected chi connectivity index (χ3v) is 4.43. The van der Waals surface area contributed by atoms with Gasteiger partial charge in [-0.3, -0.25) is 4.79 Å². The van der Waals surface area contributed by atoms with Crippen LogP contribution in [0.25, 0.3) is 22.3 Å². The Morgan fingerprint density at radius 1 is 1.04 bits per heavy atom. The molecule has 0 radical (unpaired) electrons. The largest absolute Gasteiger partial charge is 0.318 e. The van der Waals surface area contributed by atoms with E-state index in [-0.39, 0.29) is 5.56 Å². The minimum atomic E-state index is -0.230. The fourth-order valence-electron chi connectivity index (χ4n) is 2.33. The van der Waals surface area contributed by atoms with Crippen LogP contribution in [0, 0.1) is 0 Å². The normalized spacial score (nSPS) is 10.7. The van der Waals surface area contributed by atoms with Crippen molar-refractivity contribution in [3.8, 4) is 11.4 Å². The number of nitrogens with zero attached hydrogens (tertiary/aromatic N) is 3. The first kappa shape index (κ1) is 15.6. The summed E-state index contributed by atoms with van der Waals surface area (Å²) in [6, 6.07) is 16.8. The van der Waals surface area contributed by atoms with E-state index in [9.17, 15) is 4.79 Å². The van der Waals surface area contributed by atoms with E-state index in [1.54, 1.807) is 18.2 Å². The number of H-pyrrole nitrogens is 1. The first-order valence-electron chi connectivity index (χ1n) is 7.40. The molecule has 2 aromatic heterocycles. The molecule has 0 bridgehead atoms. The number of nitrogens with one attached hydrogen (secondary N) is 2. The lowest BCUT2D eigenvalue weighted by Gasteiger charge is -2.04. The van der Waals surface area contributed by atoms with E-state index in [1.165, 1.54) is 11.5 Å². The van der Waals surface area contributed by atoms with Gasteiger partial charge in [-0.15, -0.1) is 0 Å². The van der Waals surface area contributed by atoms with Crippen molar-refractivity contribution in [1.29, 1.82) is 0 Å². The highest BCUT2D eigenvalue weighted by molar-refractivity contribution is 7.81. The second-order valence-electron chi connectivity index (χ2n) is 5.17. The molecule has 0 saturated heterocycles. The molecule has 0 saturated carbocycles. The maximum absolute atomic E-state index is 12.1. The summed E-state index contributed by atoms with van der Waals surface area (Å²) in [6.07, 6.45) is 0. The van der Waals surface area contributed by atoms with E-state index >= 15 is 0 Å². The second kappa shape index (κ2) is 6.50. The van der Waals surface area contributed by atoms with Crippen LogP contribution in [0.5, 0.6) is 0 Å². The van der Waals surface area contributed by atoms with Gasteiger partial charge in [-0.25, -0.2) is 4.98 Å². The van der Waals surface area contributed by atoms with Crippen molar-refractivity contribution >= 4 is 44.8 Å². The van der Waals surface area contributed by atoms with Crippen LogP contribution in [-0.4, -0.2) is 24.3 Å². The first-order chi connectivity index (χ1) is 12.2. The summed E-state index contributed by atoms with van der Waals surface area (Å²) < 4.78 is 4.32. The quantitative estimate of drug-likeness (QED) is 0.542. The minimum absolute atomic E-state index is 0.230. The third kappa shape index (κ3) is 3.17. The van der Waals surface area contributed by atoms with E-state index in [0.29, 0.717) is 32.7 Å². The highest BCUT2D eigenvalue weighted by atomic mass is 32.1. The van der Waals surface area contributed by atoms with Crippen molar-refractivity contribution in [2.75, 3.05) is 5.32 Å². The van der Waals surface area contributed by atoms with Gasteiger partial charge in [0, 0.05) is 17.1 Å². The fourth-order valence-corrected chi connectivity index (χ4v) is 3.18. The van der Waals surface area contributed by atoms with Crippen molar-refractivity contribution in [3.63, 3.8) is 0 Å². The smallest absolute Gasteiger partial charge is 0.259 e. The van der Waals surface area contributed by atoms with Gasteiger partial charge >= 0.3 is 0 Å². The van der Waals surface area contributed by atoms with E-state index < -0.39 is 0 Å². The summed E-state index contributed by atoms with van der Waals surface area (Å²) in [6.45, 7) is 0. The van der Waals surface area contributed by atoms with Crippen LogP contribution >= 0.6 is 23.8 Å².